The lowest BCUT2D eigenvalue weighted by atomic mass is 10.1. The van der Waals surface area contributed by atoms with Crippen LogP contribution in [-0.2, 0) is 0 Å². The van der Waals surface area contributed by atoms with Gasteiger partial charge in [0.05, 0.1) is 11.4 Å². The molecule has 0 aromatic heterocycles. The zero-order valence-corrected chi connectivity index (χ0v) is 10.7. The Morgan fingerprint density at radius 2 is 1.70 bits per heavy atom. The smallest absolute Gasteiger partial charge is 0.339 e. The minimum Gasteiger partial charge on any atom is -0.507 e. The van der Waals surface area contributed by atoms with Gasteiger partial charge in [0.1, 0.15) is 11.3 Å². The van der Waals surface area contributed by atoms with E-state index in [-0.39, 0.29) is 11.3 Å². The quantitative estimate of drug-likeness (QED) is 0.587. The maximum atomic E-state index is 11.0. The summed E-state index contributed by atoms with van der Waals surface area (Å²) in [6, 6.07) is 9.61. The Morgan fingerprint density at radius 1 is 1.10 bits per heavy atom. The van der Waals surface area contributed by atoms with Gasteiger partial charge in [-0.2, -0.15) is 10.2 Å². The number of aromatic carboxylic acids is 1. The standard InChI is InChI=1S/C14H13N3O3/c1-8-6-11(7-12(13(8)18)14(19)20)17-16-10-4-2-9(15)3-5-10/h2-7,18H,15H2,1H3,(H,19,20). The highest BCUT2D eigenvalue weighted by Crippen LogP contribution is 2.29. The molecule has 4 N–H and O–H groups in total. The minimum absolute atomic E-state index is 0.198. The fourth-order valence-corrected chi connectivity index (χ4v) is 1.64. The molecule has 6 nitrogen and oxygen atoms in total. The summed E-state index contributed by atoms with van der Waals surface area (Å²) in [5.41, 5.74) is 7.37. The Bertz CT molecular complexity index is 679. The number of nitrogens with zero attached hydrogens (tertiary/aromatic N) is 2. The first-order valence-electron chi connectivity index (χ1n) is 5.81. The van der Waals surface area contributed by atoms with Crippen LogP contribution in [0.2, 0.25) is 0 Å². The van der Waals surface area contributed by atoms with Gasteiger partial charge in [-0.1, -0.05) is 0 Å². The van der Waals surface area contributed by atoms with Crippen LogP contribution in [0.25, 0.3) is 0 Å². The van der Waals surface area contributed by atoms with Crippen LogP contribution in [0.15, 0.2) is 46.6 Å². The van der Waals surface area contributed by atoms with Crippen LogP contribution in [-0.4, -0.2) is 16.2 Å². The molecule has 0 heterocycles. The molecule has 2 aromatic rings. The van der Waals surface area contributed by atoms with Crippen LogP contribution < -0.4 is 5.73 Å². The molecule has 0 aliphatic rings. The summed E-state index contributed by atoms with van der Waals surface area (Å²) in [6.45, 7) is 1.60. The molecule has 102 valence electrons. The third kappa shape index (κ3) is 2.92. The fraction of sp³-hybridized carbons (Fsp3) is 0.0714. The van der Waals surface area contributed by atoms with Gasteiger partial charge in [-0.15, -0.1) is 0 Å². The molecular weight excluding hydrogens is 258 g/mol. The van der Waals surface area contributed by atoms with E-state index < -0.39 is 5.97 Å². The van der Waals surface area contributed by atoms with Crippen molar-refractivity contribution < 1.29 is 15.0 Å². The van der Waals surface area contributed by atoms with Gasteiger partial charge in [-0.25, -0.2) is 4.79 Å². The number of carbonyl (C=O) groups is 1. The van der Waals surface area contributed by atoms with Crippen LogP contribution in [0.4, 0.5) is 17.1 Å². The van der Waals surface area contributed by atoms with E-state index in [1.807, 2.05) is 0 Å². The molecule has 0 aliphatic heterocycles. The summed E-state index contributed by atoms with van der Waals surface area (Å²) in [5.74, 6) is -1.47. The first-order chi connectivity index (χ1) is 9.47. The average Bonchev–Trinajstić information content (AvgIpc) is 2.41. The van der Waals surface area contributed by atoms with Crippen molar-refractivity contribution in [3.8, 4) is 5.75 Å². The summed E-state index contributed by atoms with van der Waals surface area (Å²) in [7, 11) is 0. The molecule has 0 atom stereocenters. The lowest BCUT2D eigenvalue weighted by Gasteiger charge is -2.04. The normalized spacial score (nSPS) is 10.8. The highest BCUT2D eigenvalue weighted by atomic mass is 16.4. The van der Waals surface area contributed by atoms with Crippen LogP contribution in [0, 0.1) is 6.92 Å². The van der Waals surface area contributed by atoms with Crippen LogP contribution in [0.5, 0.6) is 5.75 Å². The molecule has 0 saturated carbocycles. The lowest BCUT2D eigenvalue weighted by molar-refractivity contribution is 0.0693. The van der Waals surface area contributed by atoms with Gasteiger partial charge >= 0.3 is 5.97 Å². The number of nitrogen functional groups attached to an aromatic ring is 1. The maximum Gasteiger partial charge on any atom is 0.339 e. The second-order valence-electron chi connectivity index (χ2n) is 4.26. The number of benzene rings is 2. The van der Waals surface area contributed by atoms with Crippen LogP contribution in [0.3, 0.4) is 0 Å². The Balaban J connectivity index is 2.34. The number of carboxylic acid groups (broad SMARTS) is 1. The summed E-state index contributed by atoms with van der Waals surface area (Å²) >= 11 is 0. The number of hydrogen-bond acceptors (Lipinski definition) is 5. The van der Waals surface area contributed by atoms with Crippen molar-refractivity contribution in [1.82, 2.24) is 0 Å². The van der Waals surface area contributed by atoms with Crippen LogP contribution in [0.1, 0.15) is 15.9 Å². The van der Waals surface area contributed by atoms with Gasteiger partial charge in [-0.3, -0.25) is 0 Å². The number of azo groups is 1. The van der Waals surface area contributed by atoms with Crippen molar-refractivity contribution in [3.05, 3.63) is 47.5 Å². The summed E-state index contributed by atoms with van der Waals surface area (Å²) in [6.07, 6.45) is 0. The third-order valence-corrected chi connectivity index (χ3v) is 2.69. The molecule has 0 aliphatic carbocycles. The topological polar surface area (TPSA) is 108 Å². The zero-order chi connectivity index (χ0) is 14.7. The first-order valence-corrected chi connectivity index (χ1v) is 5.81. The Morgan fingerprint density at radius 3 is 2.30 bits per heavy atom. The van der Waals surface area contributed by atoms with Gasteiger partial charge in [-0.05, 0) is 48.9 Å². The van der Waals surface area contributed by atoms with E-state index in [0.29, 0.717) is 22.6 Å². The number of anilines is 1. The summed E-state index contributed by atoms with van der Waals surface area (Å²) in [4.78, 5) is 11.0. The van der Waals surface area contributed by atoms with Gasteiger partial charge in [0.25, 0.3) is 0 Å². The predicted octanol–water partition coefficient (Wildman–Crippen LogP) is 3.40. The lowest BCUT2D eigenvalue weighted by Crippen LogP contribution is -1.97. The molecule has 0 radical (unpaired) electrons. The number of rotatable bonds is 3. The molecule has 0 bridgehead atoms. The van der Waals surface area contributed by atoms with E-state index in [9.17, 15) is 9.90 Å². The second kappa shape index (κ2) is 5.40. The SMILES string of the molecule is Cc1cc(N=Nc2ccc(N)cc2)cc(C(=O)O)c1O. The Kier molecular flexibility index (Phi) is 3.65. The van der Waals surface area contributed by atoms with E-state index in [4.69, 9.17) is 10.8 Å². The van der Waals surface area contributed by atoms with Crippen molar-refractivity contribution in [2.24, 2.45) is 10.2 Å². The molecule has 0 amide bonds. The van der Waals surface area contributed by atoms with E-state index in [0.717, 1.165) is 0 Å². The third-order valence-electron chi connectivity index (χ3n) is 2.69. The van der Waals surface area contributed by atoms with Gasteiger partial charge in [0.2, 0.25) is 0 Å². The minimum atomic E-state index is -1.21. The van der Waals surface area contributed by atoms with Crippen molar-refractivity contribution in [2.75, 3.05) is 5.73 Å². The number of aryl methyl sites for hydroxylation is 1. The molecule has 20 heavy (non-hydrogen) atoms. The number of hydrogen-bond donors (Lipinski definition) is 3. The molecule has 0 unspecified atom stereocenters. The number of phenols is 1. The second-order valence-corrected chi connectivity index (χ2v) is 4.26. The van der Waals surface area contributed by atoms with Crippen LogP contribution >= 0.6 is 0 Å². The van der Waals surface area contributed by atoms with Gasteiger partial charge in [0, 0.05) is 5.69 Å². The zero-order valence-electron chi connectivity index (χ0n) is 10.7. The largest absolute Gasteiger partial charge is 0.507 e. The van der Waals surface area contributed by atoms with Crippen molar-refractivity contribution in [1.29, 1.82) is 0 Å². The number of aromatic hydroxyl groups is 1. The molecule has 2 rings (SSSR count). The number of carboxylic acids is 1. The molecule has 0 spiro atoms. The van der Waals surface area contributed by atoms with E-state index in [1.165, 1.54) is 6.07 Å². The van der Waals surface area contributed by atoms with Gasteiger partial charge < -0.3 is 15.9 Å². The predicted molar refractivity (Wildman–Crippen MR) is 74.8 cm³/mol. The maximum absolute atomic E-state index is 11.0. The Labute approximate surface area is 115 Å². The average molecular weight is 271 g/mol. The molecule has 0 fully saturated rings. The summed E-state index contributed by atoms with van der Waals surface area (Å²) < 4.78 is 0. The van der Waals surface area contributed by atoms with E-state index in [1.54, 1.807) is 37.3 Å². The monoisotopic (exact) mass is 271 g/mol. The molecule has 0 saturated heterocycles. The summed E-state index contributed by atoms with van der Waals surface area (Å²) in [5, 5.41) is 26.6. The van der Waals surface area contributed by atoms with Crippen molar-refractivity contribution in [2.45, 2.75) is 6.92 Å². The highest BCUT2D eigenvalue weighted by molar-refractivity contribution is 5.92. The molecule has 2 aromatic carbocycles. The molecule has 6 heteroatoms. The fourth-order valence-electron chi connectivity index (χ4n) is 1.64. The first kappa shape index (κ1) is 13.5. The van der Waals surface area contributed by atoms with Crippen molar-refractivity contribution in [3.63, 3.8) is 0 Å². The van der Waals surface area contributed by atoms with Gasteiger partial charge in [0.15, 0.2) is 0 Å². The van der Waals surface area contributed by atoms with Crippen molar-refractivity contribution >= 4 is 23.0 Å². The Hall–Kier alpha value is -2.89. The molecular formula is C14H13N3O3. The van der Waals surface area contributed by atoms with E-state index in [2.05, 4.69) is 10.2 Å². The highest BCUT2D eigenvalue weighted by Gasteiger charge is 2.13. The van der Waals surface area contributed by atoms with E-state index >= 15 is 0 Å². The number of nitrogens with two attached hydrogens (primary N) is 1.